The maximum absolute atomic E-state index is 13.7. The molecule has 3 aromatic rings. The molecule has 4 rings (SSSR count). The molecule has 0 aliphatic carbocycles. The zero-order chi connectivity index (χ0) is 26.5. The number of esters is 1. The molecule has 0 radical (unpaired) electrons. The van der Waals surface area contributed by atoms with Gasteiger partial charge in [0.25, 0.3) is 5.56 Å². The molecule has 0 fully saturated rings. The quantitative estimate of drug-likeness (QED) is 0.389. The Morgan fingerprint density at radius 3 is 2.57 bits per heavy atom. The Morgan fingerprint density at radius 2 is 1.92 bits per heavy atom. The highest BCUT2D eigenvalue weighted by Gasteiger charge is 2.34. The van der Waals surface area contributed by atoms with Crippen LogP contribution in [0, 0.1) is 0 Å². The highest BCUT2D eigenvalue weighted by molar-refractivity contribution is 7.07. The van der Waals surface area contributed by atoms with E-state index in [2.05, 4.69) is 4.74 Å². The van der Waals surface area contributed by atoms with Crippen molar-refractivity contribution in [2.75, 3.05) is 13.7 Å². The van der Waals surface area contributed by atoms with Gasteiger partial charge in [-0.3, -0.25) is 9.36 Å². The first-order chi connectivity index (χ1) is 17.9. The number of halogens is 2. The Balaban J connectivity index is 1.91. The molecule has 37 heavy (non-hydrogen) atoms. The lowest BCUT2D eigenvalue weighted by Crippen LogP contribution is -2.40. The molecule has 2 heterocycles. The minimum atomic E-state index is -2.92. The first kappa shape index (κ1) is 26.3. The van der Waals surface area contributed by atoms with Crippen LogP contribution in [0.3, 0.4) is 0 Å². The van der Waals surface area contributed by atoms with E-state index >= 15 is 0 Å². The Bertz CT molecular complexity index is 1490. The van der Waals surface area contributed by atoms with Gasteiger partial charge in [0.1, 0.15) is 11.5 Å². The molecular formula is C27H26F2N2O5S. The first-order valence-electron chi connectivity index (χ1n) is 11.8. The monoisotopic (exact) mass is 528 g/mol. The number of fused-ring (bicyclic) bond motifs is 1. The fourth-order valence-corrected chi connectivity index (χ4v) is 5.16. The second-order valence-corrected chi connectivity index (χ2v) is 9.15. The summed E-state index contributed by atoms with van der Waals surface area (Å²) >= 11 is 1.20. The van der Waals surface area contributed by atoms with Crippen molar-refractivity contribution in [2.24, 2.45) is 4.99 Å². The Labute approximate surface area is 215 Å². The molecule has 1 aromatic heterocycles. The van der Waals surface area contributed by atoms with E-state index in [4.69, 9.17) is 14.5 Å². The molecule has 1 aliphatic heterocycles. The van der Waals surface area contributed by atoms with Crippen molar-refractivity contribution in [1.29, 1.82) is 0 Å². The molecule has 0 amide bonds. The van der Waals surface area contributed by atoms with Crippen molar-refractivity contribution in [2.45, 2.75) is 39.3 Å². The molecule has 0 bridgehead atoms. The fraction of sp³-hybridized carbons (Fsp3) is 0.296. The van der Waals surface area contributed by atoms with Gasteiger partial charge in [0.2, 0.25) is 0 Å². The van der Waals surface area contributed by atoms with Crippen LogP contribution in [0.25, 0.3) is 6.08 Å². The standard InChI is InChI=1S/C27H26F2N2O5S/c1-4-7-20-22(25(33)35-5-2)23(17-8-6-9-19(15-17)34-3)31-24(32)21(37-27(31)30-20)14-16-10-12-18(13-11-16)36-26(28)29/h6,8-15,23,26H,4-5,7H2,1-3H3/b21-14+/t23-/m0/s1. The molecule has 1 atom stereocenters. The number of hydrogen-bond donors (Lipinski definition) is 0. The van der Waals surface area contributed by atoms with Gasteiger partial charge in [0, 0.05) is 0 Å². The summed E-state index contributed by atoms with van der Waals surface area (Å²) < 4.78 is 42.0. The lowest BCUT2D eigenvalue weighted by molar-refractivity contribution is -0.139. The maximum atomic E-state index is 13.7. The van der Waals surface area contributed by atoms with Gasteiger partial charge in [0.05, 0.1) is 35.6 Å². The van der Waals surface area contributed by atoms with E-state index in [0.717, 1.165) is 6.42 Å². The van der Waals surface area contributed by atoms with Crippen LogP contribution in [0.15, 0.2) is 69.6 Å². The van der Waals surface area contributed by atoms with Crippen LogP contribution in [0.4, 0.5) is 8.78 Å². The number of allylic oxidation sites excluding steroid dienone is 1. The van der Waals surface area contributed by atoms with Crippen LogP contribution in [-0.2, 0) is 9.53 Å². The summed E-state index contributed by atoms with van der Waals surface area (Å²) in [6.07, 6.45) is 2.94. The lowest BCUT2D eigenvalue weighted by Gasteiger charge is -2.26. The summed E-state index contributed by atoms with van der Waals surface area (Å²) in [6, 6.07) is 12.4. The van der Waals surface area contributed by atoms with Gasteiger partial charge in [-0.25, -0.2) is 9.79 Å². The van der Waals surface area contributed by atoms with Crippen molar-refractivity contribution in [3.8, 4) is 11.5 Å². The third-order valence-corrected chi connectivity index (χ3v) is 6.69. The van der Waals surface area contributed by atoms with E-state index in [-0.39, 0.29) is 17.9 Å². The first-order valence-corrected chi connectivity index (χ1v) is 12.6. The number of carbonyl (C=O) groups is 1. The van der Waals surface area contributed by atoms with Crippen molar-refractivity contribution >= 4 is 23.4 Å². The number of rotatable bonds is 9. The average Bonchev–Trinajstić information content (AvgIpc) is 3.18. The molecule has 0 N–H and O–H groups in total. The van der Waals surface area contributed by atoms with Crippen molar-refractivity contribution < 1.29 is 27.8 Å². The van der Waals surface area contributed by atoms with Crippen molar-refractivity contribution in [3.05, 3.63) is 90.6 Å². The van der Waals surface area contributed by atoms with Crippen LogP contribution in [0.2, 0.25) is 0 Å². The summed E-state index contributed by atoms with van der Waals surface area (Å²) in [7, 11) is 1.55. The van der Waals surface area contributed by atoms with Crippen LogP contribution < -0.4 is 24.4 Å². The van der Waals surface area contributed by atoms with Gasteiger partial charge in [-0.05, 0) is 54.8 Å². The second-order valence-electron chi connectivity index (χ2n) is 8.14. The molecule has 0 saturated carbocycles. The average molecular weight is 529 g/mol. The van der Waals surface area contributed by atoms with Gasteiger partial charge in [-0.1, -0.05) is 48.9 Å². The van der Waals surface area contributed by atoms with Crippen LogP contribution in [0.1, 0.15) is 43.9 Å². The molecule has 0 saturated heterocycles. The van der Waals surface area contributed by atoms with E-state index < -0.39 is 18.6 Å². The molecule has 0 spiro atoms. The number of benzene rings is 2. The third kappa shape index (κ3) is 5.64. The second kappa shape index (κ2) is 11.5. The molecule has 2 aromatic carbocycles. The topological polar surface area (TPSA) is 79.1 Å². The number of alkyl halides is 2. The van der Waals surface area contributed by atoms with Crippen LogP contribution in [0.5, 0.6) is 11.5 Å². The predicted molar refractivity (Wildman–Crippen MR) is 136 cm³/mol. The molecule has 7 nitrogen and oxygen atoms in total. The number of methoxy groups -OCH3 is 1. The number of nitrogens with zero attached hydrogens (tertiary/aromatic N) is 2. The molecule has 10 heteroatoms. The number of carbonyl (C=O) groups excluding carboxylic acids is 1. The maximum Gasteiger partial charge on any atom is 0.387 e. The minimum absolute atomic E-state index is 0.0231. The van der Waals surface area contributed by atoms with E-state index in [1.807, 2.05) is 13.0 Å². The number of aromatic nitrogens is 1. The summed E-state index contributed by atoms with van der Waals surface area (Å²) in [6.45, 7) is 0.980. The zero-order valence-electron chi connectivity index (χ0n) is 20.6. The van der Waals surface area contributed by atoms with E-state index in [9.17, 15) is 18.4 Å². The summed E-state index contributed by atoms with van der Waals surface area (Å²) in [5.74, 6) is 0.0873. The Morgan fingerprint density at radius 1 is 1.16 bits per heavy atom. The van der Waals surface area contributed by atoms with E-state index in [0.29, 0.717) is 43.9 Å². The van der Waals surface area contributed by atoms with Crippen LogP contribution >= 0.6 is 11.3 Å². The summed E-state index contributed by atoms with van der Waals surface area (Å²) in [5.41, 5.74) is 1.89. The lowest BCUT2D eigenvalue weighted by atomic mass is 9.94. The molecule has 1 aliphatic rings. The van der Waals surface area contributed by atoms with Crippen molar-refractivity contribution in [1.82, 2.24) is 4.57 Å². The number of thiazole rings is 1. The highest BCUT2D eigenvalue weighted by atomic mass is 32.1. The minimum Gasteiger partial charge on any atom is -0.497 e. The Kier molecular flexibility index (Phi) is 8.17. The van der Waals surface area contributed by atoms with Gasteiger partial charge < -0.3 is 14.2 Å². The van der Waals surface area contributed by atoms with Crippen molar-refractivity contribution in [3.63, 3.8) is 0 Å². The molecular weight excluding hydrogens is 502 g/mol. The fourth-order valence-electron chi connectivity index (χ4n) is 4.14. The Hall–Kier alpha value is -3.79. The highest BCUT2D eigenvalue weighted by Crippen LogP contribution is 2.33. The summed E-state index contributed by atoms with van der Waals surface area (Å²) in [5, 5.41) is 0. The third-order valence-electron chi connectivity index (χ3n) is 5.70. The van der Waals surface area contributed by atoms with Crippen LogP contribution in [-0.4, -0.2) is 30.9 Å². The normalized spacial score (nSPS) is 15.4. The number of hydrogen-bond acceptors (Lipinski definition) is 7. The predicted octanol–water partition coefficient (Wildman–Crippen LogP) is 4.19. The van der Waals surface area contributed by atoms with E-state index in [1.165, 1.54) is 28.0 Å². The van der Waals surface area contributed by atoms with Gasteiger partial charge in [-0.2, -0.15) is 8.78 Å². The van der Waals surface area contributed by atoms with E-state index in [1.54, 1.807) is 50.4 Å². The number of ether oxygens (including phenoxy) is 3. The molecule has 0 unspecified atom stereocenters. The van der Waals surface area contributed by atoms with Gasteiger partial charge in [-0.15, -0.1) is 0 Å². The molecule has 194 valence electrons. The zero-order valence-corrected chi connectivity index (χ0v) is 21.4. The van der Waals surface area contributed by atoms with Gasteiger partial charge >= 0.3 is 12.6 Å². The largest absolute Gasteiger partial charge is 0.497 e. The smallest absolute Gasteiger partial charge is 0.387 e. The van der Waals surface area contributed by atoms with Gasteiger partial charge in [0.15, 0.2) is 4.80 Å². The summed E-state index contributed by atoms with van der Waals surface area (Å²) in [4.78, 5) is 32.1. The SMILES string of the molecule is CCCC1=C(C(=O)OCC)[C@H](c2cccc(OC)c2)n2c(s/c(=C/c3ccc(OC(F)F)cc3)c2=O)=N1.